The predicted molar refractivity (Wildman–Crippen MR) is 122 cm³/mol. The monoisotopic (exact) mass is 446 g/mol. The van der Waals surface area contributed by atoms with Crippen LogP contribution in [0.15, 0.2) is 34.7 Å². The normalized spacial score (nSPS) is 10.9. The Hall–Kier alpha value is -2.36. The summed E-state index contributed by atoms with van der Waals surface area (Å²) in [7, 11) is 3.33. The van der Waals surface area contributed by atoms with Crippen molar-refractivity contribution in [2.75, 3.05) is 31.9 Å². The van der Waals surface area contributed by atoms with E-state index in [1.165, 1.54) is 23.1 Å². The zero-order valence-corrected chi connectivity index (χ0v) is 19.2. The average molecular weight is 447 g/mol. The van der Waals surface area contributed by atoms with Crippen molar-refractivity contribution in [1.82, 2.24) is 14.8 Å². The third-order valence-corrected chi connectivity index (χ3v) is 6.63. The number of carbonyl (C=O) groups excluding carboxylic acids is 1. The molecule has 3 rings (SSSR count). The highest BCUT2D eigenvalue weighted by atomic mass is 32.2. The smallest absolute Gasteiger partial charge is 0.210 e. The summed E-state index contributed by atoms with van der Waals surface area (Å²) in [5.41, 5.74) is 3.75. The molecule has 0 aliphatic rings. The maximum atomic E-state index is 12.8. The lowest BCUT2D eigenvalue weighted by Crippen LogP contribution is -2.08. The molecule has 2 aromatic heterocycles. The summed E-state index contributed by atoms with van der Waals surface area (Å²) in [6.45, 7) is 5.59. The van der Waals surface area contributed by atoms with E-state index in [9.17, 15) is 4.79 Å². The third kappa shape index (κ3) is 5.62. The number of aryl methyl sites for hydroxylation is 1. The molecule has 0 unspecified atom stereocenters. The zero-order chi connectivity index (χ0) is 21.5. The van der Waals surface area contributed by atoms with Crippen molar-refractivity contribution < 1.29 is 14.3 Å². The Morgan fingerprint density at radius 3 is 2.83 bits per heavy atom. The molecule has 0 fully saturated rings. The van der Waals surface area contributed by atoms with Gasteiger partial charge in [-0.3, -0.25) is 4.79 Å². The fourth-order valence-corrected chi connectivity index (χ4v) is 4.80. The highest BCUT2D eigenvalue weighted by Crippen LogP contribution is 2.29. The second kappa shape index (κ2) is 10.6. The number of ketones is 1. The molecular formula is C21H26N4O3S2. The van der Waals surface area contributed by atoms with E-state index in [-0.39, 0.29) is 5.78 Å². The fraction of sp³-hybridized carbons (Fsp3) is 0.381. The van der Waals surface area contributed by atoms with Gasteiger partial charge < -0.3 is 19.4 Å². The number of carbonyl (C=O) groups is 1. The minimum atomic E-state index is 0.101. The Morgan fingerprint density at radius 1 is 1.23 bits per heavy atom. The quantitative estimate of drug-likeness (QED) is 0.259. The highest BCUT2D eigenvalue weighted by molar-refractivity contribution is 8.01. The number of Topliss-reactive ketones (excluding diaryl/α,β-unsaturated/α-hetero) is 1. The fourth-order valence-electron chi connectivity index (χ4n) is 3.14. The summed E-state index contributed by atoms with van der Waals surface area (Å²) in [4.78, 5) is 12.8. The molecule has 1 aromatic carbocycles. The second-order valence-electron chi connectivity index (χ2n) is 6.72. The van der Waals surface area contributed by atoms with Crippen LogP contribution in [0.5, 0.6) is 5.75 Å². The summed E-state index contributed by atoms with van der Waals surface area (Å²) in [5.74, 6) is 1.20. The Balaban J connectivity index is 1.58. The van der Waals surface area contributed by atoms with Crippen LogP contribution in [-0.4, -0.2) is 47.1 Å². The average Bonchev–Trinajstić information content (AvgIpc) is 3.31. The van der Waals surface area contributed by atoms with Crippen molar-refractivity contribution in [2.45, 2.75) is 31.2 Å². The molecule has 0 spiro atoms. The van der Waals surface area contributed by atoms with Gasteiger partial charge in [-0.2, -0.15) is 0 Å². The van der Waals surface area contributed by atoms with Gasteiger partial charge >= 0.3 is 0 Å². The Morgan fingerprint density at radius 2 is 2.07 bits per heavy atom. The van der Waals surface area contributed by atoms with Gasteiger partial charge in [0.15, 0.2) is 10.1 Å². The van der Waals surface area contributed by atoms with Crippen molar-refractivity contribution in [3.05, 3.63) is 47.3 Å². The molecule has 0 saturated carbocycles. The summed E-state index contributed by atoms with van der Waals surface area (Å²) in [5, 5.41) is 12.2. The van der Waals surface area contributed by atoms with Gasteiger partial charge in [0.2, 0.25) is 5.13 Å². The summed E-state index contributed by atoms with van der Waals surface area (Å²) < 4.78 is 13.3. The van der Waals surface area contributed by atoms with Gasteiger partial charge in [-0.05, 0) is 38.5 Å². The number of thioether (sulfide) groups is 1. The number of hydrogen-bond donors (Lipinski definition) is 1. The van der Waals surface area contributed by atoms with Crippen LogP contribution in [0, 0.1) is 13.8 Å². The highest BCUT2D eigenvalue weighted by Gasteiger charge is 2.17. The zero-order valence-electron chi connectivity index (χ0n) is 17.6. The molecule has 160 valence electrons. The molecule has 0 atom stereocenters. The van der Waals surface area contributed by atoms with Gasteiger partial charge in [-0.25, -0.2) is 0 Å². The van der Waals surface area contributed by atoms with E-state index in [2.05, 4.69) is 20.1 Å². The Bertz CT molecular complexity index is 1000. The molecule has 0 aliphatic carbocycles. The summed E-state index contributed by atoms with van der Waals surface area (Å²) in [6.07, 6.45) is 0.920. The Labute approximate surface area is 184 Å². The Kier molecular flexibility index (Phi) is 7.89. The lowest BCUT2D eigenvalue weighted by Gasteiger charge is -2.09. The largest absolute Gasteiger partial charge is 0.497 e. The first kappa shape index (κ1) is 22.3. The molecule has 0 aliphatic heterocycles. The molecular weight excluding hydrogens is 420 g/mol. The standard InChI is InChI=1S/C21H26N4O3S2/c1-14-11-18(15(2)25(14)9-6-10-27-3)19(26)13-29-21-24-23-20(30-21)22-16-7-5-8-17(12-16)28-4/h5,7-8,11-12H,6,9-10,13H2,1-4H3,(H,22,23). The van der Waals surface area contributed by atoms with E-state index < -0.39 is 0 Å². The number of anilines is 2. The van der Waals surface area contributed by atoms with E-state index in [1.807, 2.05) is 44.2 Å². The van der Waals surface area contributed by atoms with Crippen molar-refractivity contribution in [3.8, 4) is 5.75 Å². The molecule has 0 saturated heterocycles. The van der Waals surface area contributed by atoms with Gasteiger partial charge in [0.05, 0.1) is 12.9 Å². The number of aromatic nitrogens is 3. The molecule has 9 heteroatoms. The number of nitrogens with zero attached hydrogens (tertiary/aromatic N) is 3. The van der Waals surface area contributed by atoms with Crippen LogP contribution in [-0.2, 0) is 11.3 Å². The van der Waals surface area contributed by atoms with Gasteiger partial charge in [0.1, 0.15) is 5.75 Å². The molecule has 7 nitrogen and oxygen atoms in total. The summed E-state index contributed by atoms with van der Waals surface area (Å²) >= 11 is 2.83. The SMILES string of the molecule is COCCCn1c(C)cc(C(=O)CSc2nnc(Nc3cccc(OC)c3)s2)c1C. The summed E-state index contributed by atoms with van der Waals surface area (Å²) in [6, 6.07) is 9.58. The third-order valence-electron chi connectivity index (χ3n) is 4.66. The number of methoxy groups -OCH3 is 2. The number of hydrogen-bond acceptors (Lipinski definition) is 8. The van der Waals surface area contributed by atoms with Gasteiger partial charge in [0, 0.05) is 49.0 Å². The first-order chi connectivity index (χ1) is 14.5. The van der Waals surface area contributed by atoms with Crippen LogP contribution in [0.25, 0.3) is 0 Å². The van der Waals surface area contributed by atoms with E-state index in [0.717, 1.165) is 45.7 Å². The van der Waals surface area contributed by atoms with Gasteiger partial charge in [0.25, 0.3) is 0 Å². The molecule has 3 aromatic rings. The first-order valence-corrected chi connectivity index (χ1v) is 11.4. The second-order valence-corrected chi connectivity index (χ2v) is 8.92. The van der Waals surface area contributed by atoms with Crippen molar-refractivity contribution in [2.24, 2.45) is 0 Å². The van der Waals surface area contributed by atoms with Crippen LogP contribution < -0.4 is 10.1 Å². The minimum absolute atomic E-state index is 0.101. The molecule has 0 bridgehead atoms. The predicted octanol–water partition coefficient (Wildman–Crippen LogP) is 4.72. The van der Waals surface area contributed by atoms with Crippen LogP contribution >= 0.6 is 23.1 Å². The van der Waals surface area contributed by atoms with E-state index in [0.29, 0.717) is 17.5 Å². The van der Waals surface area contributed by atoms with Gasteiger partial charge in [-0.1, -0.05) is 29.2 Å². The maximum absolute atomic E-state index is 12.8. The van der Waals surface area contributed by atoms with Crippen LogP contribution in [0.4, 0.5) is 10.8 Å². The van der Waals surface area contributed by atoms with E-state index >= 15 is 0 Å². The lowest BCUT2D eigenvalue weighted by atomic mass is 10.2. The molecule has 1 N–H and O–H groups in total. The number of ether oxygens (including phenoxy) is 2. The van der Waals surface area contributed by atoms with Crippen molar-refractivity contribution in [1.29, 1.82) is 0 Å². The molecule has 2 heterocycles. The van der Waals surface area contributed by atoms with Crippen LogP contribution in [0.2, 0.25) is 0 Å². The maximum Gasteiger partial charge on any atom is 0.210 e. The van der Waals surface area contributed by atoms with Crippen molar-refractivity contribution in [3.63, 3.8) is 0 Å². The molecule has 0 radical (unpaired) electrons. The topological polar surface area (TPSA) is 78.3 Å². The van der Waals surface area contributed by atoms with Gasteiger partial charge in [-0.15, -0.1) is 10.2 Å². The lowest BCUT2D eigenvalue weighted by molar-refractivity contribution is 0.102. The number of benzene rings is 1. The van der Waals surface area contributed by atoms with Crippen LogP contribution in [0.1, 0.15) is 28.2 Å². The first-order valence-electron chi connectivity index (χ1n) is 9.58. The van der Waals surface area contributed by atoms with Crippen molar-refractivity contribution >= 4 is 39.7 Å². The minimum Gasteiger partial charge on any atom is -0.497 e. The van der Waals surface area contributed by atoms with E-state index in [4.69, 9.17) is 9.47 Å². The van der Waals surface area contributed by atoms with E-state index in [1.54, 1.807) is 14.2 Å². The molecule has 0 amide bonds. The number of rotatable bonds is 11. The molecule has 30 heavy (non-hydrogen) atoms. The number of nitrogens with one attached hydrogen (secondary N) is 1. The van der Waals surface area contributed by atoms with Crippen LogP contribution in [0.3, 0.4) is 0 Å².